The number of fused-ring (bicyclic) bond motifs is 3. The van der Waals surface area contributed by atoms with Gasteiger partial charge < -0.3 is 4.74 Å². The maximum Gasteiger partial charge on any atom is 0.410 e. The summed E-state index contributed by atoms with van der Waals surface area (Å²) in [5.74, 6) is -0.0457. The number of nitrogens with zero attached hydrogens (tertiary/aromatic N) is 1. The Hall–Kier alpha value is -2.69. The Kier molecular flexibility index (Phi) is 4.45. The van der Waals surface area contributed by atoms with Gasteiger partial charge in [0.15, 0.2) is 0 Å². The monoisotopic (exact) mass is 353 g/mol. The molecule has 1 saturated heterocycles. The van der Waals surface area contributed by atoms with Crippen LogP contribution in [0.15, 0.2) is 48.5 Å². The van der Waals surface area contributed by atoms with Crippen molar-refractivity contribution >= 4 is 12.1 Å². The van der Waals surface area contributed by atoms with E-state index in [1.807, 2.05) is 36.4 Å². The van der Waals surface area contributed by atoms with Gasteiger partial charge in [-0.2, -0.15) is 4.39 Å². The van der Waals surface area contributed by atoms with Crippen LogP contribution in [0.25, 0.3) is 11.1 Å². The summed E-state index contributed by atoms with van der Waals surface area (Å²) >= 11 is 0. The molecule has 4 rings (SSSR count). The number of piperidine rings is 1. The van der Waals surface area contributed by atoms with Crippen LogP contribution in [-0.4, -0.2) is 36.2 Å². The van der Waals surface area contributed by atoms with Crippen LogP contribution >= 0.6 is 0 Å². The van der Waals surface area contributed by atoms with Gasteiger partial charge in [-0.25, -0.2) is 4.79 Å². The summed E-state index contributed by atoms with van der Waals surface area (Å²) in [7, 11) is 0. The van der Waals surface area contributed by atoms with E-state index in [1.54, 1.807) is 0 Å². The highest BCUT2D eigenvalue weighted by molar-refractivity contribution is 5.81. The van der Waals surface area contributed by atoms with Crippen LogP contribution < -0.4 is 0 Å². The third kappa shape index (κ3) is 2.87. The van der Waals surface area contributed by atoms with E-state index in [9.17, 15) is 14.0 Å². The molecule has 1 unspecified atom stereocenters. The highest BCUT2D eigenvalue weighted by atomic mass is 19.1. The summed E-state index contributed by atoms with van der Waals surface area (Å²) < 4.78 is 18.8. The topological polar surface area (TPSA) is 46.6 Å². The molecule has 0 radical (unpaired) electrons. The minimum atomic E-state index is -1.46. The molecule has 1 aliphatic carbocycles. The second-order valence-electron chi connectivity index (χ2n) is 6.81. The number of benzene rings is 2. The molecule has 0 spiro atoms. The Bertz CT molecular complexity index is 805. The van der Waals surface area contributed by atoms with E-state index in [0.29, 0.717) is 13.0 Å². The second-order valence-corrected chi connectivity index (χ2v) is 6.81. The van der Waals surface area contributed by atoms with Gasteiger partial charge in [0.1, 0.15) is 12.6 Å². The van der Waals surface area contributed by atoms with E-state index in [2.05, 4.69) is 12.1 Å². The first-order chi connectivity index (χ1) is 12.7. The van der Waals surface area contributed by atoms with Crippen molar-refractivity contribution in [3.63, 3.8) is 0 Å². The normalized spacial score (nSPS) is 19.0. The van der Waals surface area contributed by atoms with Crippen LogP contribution in [0.3, 0.4) is 0 Å². The average molecular weight is 353 g/mol. The van der Waals surface area contributed by atoms with Crippen LogP contribution in [-0.2, 0) is 9.53 Å². The van der Waals surface area contributed by atoms with Crippen molar-refractivity contribution in [1.29, 1.82) is 0 Å². The van der Waals surface area contributed by atoms with Crippen LogP contribution in [0.4, 0.5) is 9.18 Å². The zero-order valence-electron chi connectivity index (χ0n) is 14.4. The molecule has 0 bridgehead atoms. The summed E-state index contributed by atoms with van der Waals surface area (Å²) in [6.07, 6.45) is 1.25. The number of hydrogen-bond donors (Lipinski definition) is 0. The second kappa shape index (κ2) is 6.90. The first-order valence-corrected chi connectivity index (χ1v) is 8.98. The standard InChI is InChI=1S/C21H20FNO3/c22-20(24)19-11-5-6-12-23(19)21(25)26-13-18-16-9-3-1-7-14(16)15-8-2-4-10-17(15)18/h1-4,7-10,18-19H,5-6,11-13H2. The van der Waals surface area contributed by atoms with Crippen LogP contribution in [0.2, 0.25) is 0 Å². The number of hydrogen-bond acceptors (Lipinski definition) is 3. The van der Waals surface area contributed by atoms with Gasteiger partial charge in [-0.05, 0) is 41.5 Å². The lowest BCUT2D eigenvalue weighted by Crippen LogP contribution is -2.47. The Balaban J connectivity index is 1.53. The molecule has 1 heterocycles. The summed E-state index contributed by atoms with van der Waals surface area (Å²) in [5, 5.41) is 0. The van der Waals surface area contributed by atoms with Gasteiger partial charge in [0.25, 0.3) is 0 Å². The minimum absolute atomic E-state index is 0.0457. The fourth-order valence-electron chi connectivity index (χ4n) is 4.06. The number of ether oxygens (including phenoxy) is 1. The van der Waals surface area contributed by atoms with E-state index in [0.717, 1.165) is 35.1 Å². The molecule has 1 amide bonds. The molecule has 0 saturated carbocycles. The van der Waals surface area contributed by atoms with Crippen LogP contribution in [0.1, 0.15) is 36.3 Å². The molecule has 4 nitrogen and oxygen atoms in total. The number of carbonyl (C=O) groups is 2. The highest BCUT2D eigenvalue weighted by Crippen LogP contribution is 2.44. The fraction of sp³-hybridized carbons (Fsp3) is 0.333. The van der Waals surface area contributed by atoms with Gasteiger partial charge in [-0.15, -0.1) is 0 Å². The largest absolute Gasteiger partial charge is 0.448 e. The van der Waals surface area contributed by atoms with E-state index >= 15 is 0 Å². The molecule has 1 fully saturated rings. The molecule has 2 aromatic rings. The van der Waals surface area contributed by atoms with Gasteiger partial charge >= 0.3 is 12.1 Å². The van der Waals surface area contributed by atoms with Crippen molar-refractivity contribution in [3.8, 4) is 11.1 Å². The maximum absolute atomic E-state index is 13.2. The SMILES string of the molecule is O=C(F)C1CCCCN1C(=O)OCC1c2ccccc2-c2ccccc21. The molecular formula is C21H20FNO3. The van der Waals surface area contributed by atoms with Crippen molar-refractivity contribution in [1.82, 2.24) is 4.90 Å². The average Bonchev–Trinajstić information content (AvgIpc) is 3.00. The third-order valence-electron chi connectivity index (χ3n) is 5.34. The summed E-state index contributed by atoms with van der Waals surface area (Å²) in [6, 6.07) is 13.7. The first-order valence-electron chi connectivity index (χ1n) is 8.98. The molecule has 0 N–H and O–H groups in total. The summed E-state index contributed by atoms with van der Waals surface area (Å²) in [5.41, 5.74) is 4.55. The molecule has 5 heteroatoms. The predicted molar refractivity (Wildman–Crippen MR) is 95.5 cm³/mol. The summed E-state index contributed by atoms with van der Waals surface area (Å²) in [4.78, 5) is 24.9. The smallest absolute Gasteiger partial charge is 0.410 e. The molecule has 1 atom stereocenters. The fourth-order valence-corrected chi connectivity index (χ4v) is 4.06. The summed E-state index contributed by atoms with van der Waals surface area (Å²) in [6.45, 7) is 0.535. The molecule has 2 aromatic carbocycles. The van der Waals surface area contributed by atoms with Gasteiger partial charge in [0, 0.05) is 12.5 Å². The minimum Gasteiger partial charge on any atom is -0.448 e. The molecule has 1 aliphatic heterocycles. The molecule has 2 aliphatic rings. The quantitative estimate of drug-likeness (QED) is 0.774. The van der Waals surface area contributed by atoms with E-state index < -0.39 is 18.2 Å². The number of amides is 1. The zero-order valence-corrected chi connectivity index (χ0v) is 14.4. The molecule has 0 aromatic heterocycles. The van der Waals surface area contributed by atoms with Crippen molar-refractivity contribution in [3.05, 3.63) is 59.7 Å². The van der Waals surface area contributed by atoms with Gasteiger partial charge in [-0.3, -0.25) is 9.69 Å². The maximum atomic E-state index is 13.2. The van der Waals surface area contributed by atoms with Crippen molar-refractivity contribution in [2.75, 3.05) is 13.2 Å². The predicted octanol–water partition coefficient (Wildman–Crippen LogP) is 4.29. The highest BCUT2D eigenvalue weighted by Gasteiger charge is 2.35. The Labute approximate surface area is 151 Å². The van der Waals surface area contributed by atoms with Crippen molar-refractivity contribution < 1.29 is 18.7 Å². The van der Waals surface area contributed by atoms with E-state index in [4.69, 9.17) is 4.74 Å². The Morgan fingerprint density at radius 2 is 1.62 bits per heavy atom. The lowest BCUT2D eigenvalue weighted by molar-refractivity contribution is -0.135. The van der Waals surface area contributed by atoms with Crippen LogP contribution in [0.5, 0.6) is 0 Å². The van der Waals surface area contributed by atoms with Crippen molar-refractivity contribution in [2.45, 2.75) is 31.2 Å². The lowest BCUT2D eigenvalue weighted by atomic mass is 9.98. The van der Waals surface area contributed by atoms with E-state index in [-0.39, 0.29) is 12.5 Å². The number of carbonyl (C=O) groups excluding carboxylic acids is 2. The Morgan fingerprint density at radius 1 is 1.00 bits per heavy atom. The number of likely N-dealkylation sites (tertiary alicyclic amines) is 1. The number of halogens is 1. The number of rotatable bonds is 3. The molecular weight excluding hydrogens is 333 g/mol. The zero-order chi connectivity index (χ0) is 18.1. The lowest BCUT2D eigenvalue weighted by Gasteiger charge is -2.32. The molecule has 26 heavy (non-hydrogen) atoms. The Morgan fingerprint density at radius 3 is 2.23 bits per heavy atom. The van der Waals surface area contributed by atoms with Crippen LogP contribution in [0, 0.1) is 0 Å². The van der Waals surface area contributed by atoms with Gasteiger partial charge in [0.05, 0.1) is 0 Å². The van der Waals surface area contributed by atoms with Crippen molar-refractivity contribution in [2.24, 2.45) is 0 Å². The third-order valence-corrected chi connectivity index (χ3v) is 5.34. The van der Waals surface area contributed by atoms with E-state index in [1.165, 1.54) is 4.90 Å². The van der Waals surface area contributed by atoms with Gasteiger partial charge in [-0.1, -0.05) is 48.5 Å². The first kappa shape index (κ1) is 16.8. The van der Waals surface area contributed by atoms with Gasteiger partial charge in [0.2, 0.25) is 0 Å². The molecule has 134 valence electrons.